The number of likely N-dealkylation sites (N-methyl/N-ethyl adjacent to an activating group) is 1. The molecule has 6 heteroatoms. The van der Waals surface area contributed by atoms with Crippen molar-refractivity contribution in [3.63, 3.8) is 0 Å². The Morgan fingerprint density at radius 1 is 1.00 bits per heavy atom. The van der Waals surface area contributed by atoms with Crippen LogP contribution in [0.25, 0.3) is 0 Å². The third kappa shape index (κ3) is 6.57. The van der Waals surface area contributed by atoms with E-state index in [1.807, 2.05) is 0 Å². The van der Waals surface area contributed by atoms with Gasteiger partial charge in [-0.3, -0.25) is 0 Å². The van der Waals surface area contributed by atoms with Crippen molar-refractivity contribution in [2.75, 3.05) is 55.1 Å². The average molecular weight is 250 g/mol. The highest BCUT2D eigenvalue weighted by molar-refractivity contribution is 6.60. The van der Waals surface area contributed by atoms with E-state index in [1.165, 1.54) is 0 Å². The Labute approximate surface area is 100 Å². The van der Waals surface area contributed by atoms with Gasteiger partial charge in [0.1, 0.15) is 0 Å². The molecule has 0 aromatic heterocycles. The van der Waals surface area contributed by atoms with Crippen molar-refractivity contribution in [3.8, 4) is 0 Å². The van der Waals surface area contributed by atoms with E-state index in [0.717, 1.165) is 32.1 Å². The molecule has 0 aromatic carbocycles. The molecule has 0 amide bonds. The van der Waals surface area contributed by atoms with Crippen LogP contribution in [0.4, 0.5) is 0 Å². The highest BCUT2D eigenvalue weighted by Gasteiger charge is 2.36. The van der Waals surface area contributed by atoms with Gasteiger partial charge in [0, 0.05) is 40.5 Å². The van der Waals surface area contributed by atoms with Gasteiger partial charge in [-0.05, 0) is 27.1 Å². The molecule has 0 saturated heterocycles. The SMILES string of the molecule is CO[Si](CCCNCCN(C)C)(OC)OC. The van der Waals surface area contributed by atoms with Gasteiger partial charge in [0.2, 0.25) is 0 Å². The fraction of sp³-hybridized carbons (Fsp3) is 1.00. The van der Waals surface area contributed by atoms with Gasteiger partial charge >= 0.3 is 8.80 Å². The molecule has 0 spiro atoms. The predicted molar refractivity (Wildman–Crippen MR) is 67.6 cm³/mol. The summed E-state index contributed by atoms with van der Waals surface area (Å²) >= 11 is 0. The van der Waals surface area contributed by atoms with Crippen LogP contribution in [0.3, 0.4) is 0 Å². The lowest BCUT2D eigenvalue weighted by Gasteiger charge is -2.24. The molecule has 0 aliphatic carbocycles. The van der Waals surface area contributed by atoms with Crippen molar-refractivity contribution in [1.29, 1.82) is 0 Å². The molecule has 5 nitrogen and oxygen atoms in total. The van der Waals surface area contributed by atoms with Crippen molar-refractivity contribution in [1.82, 2.24) is 10.2 Å². The largest absolute Gasteiger partial charge is 0.500 e. The molecule has 98 valence electrons. The van der Waals surface area contributed by atoms with Crippen LogP contribution in [0.1, 0.15) is 6.42 Å². The Kier molecular flexibility index (Phi) is 9.10. The molecule has 0 radical (unpaired) electrons. The molecular formula is C10H26N2O3Si. The van der Waals surface area contributed by atoms with Crippen molar-refractivity contribution < 1.29 is 13.3 Å². The average Bonchev–Trinajstić information content (AvgIpc) is 2.29. The van der Waals surface area contributed by atoms with Crippen LogP contribution in [0.15, 0.2) is 0 Å². The Bertz CT molecular complexity index is 158. The maximum absolute atomic E-state index is 5.34. The first-order valence-corrected chi connectivity index (χ1v) is 7.54. The summed E-state index contributed by atoms with van der Waals surface area (Å²) in [5.74, 6) is 0. The zero-order chi connectivity index (χ0) is 12.4. The molecule has 0 aliphatic rings. The molecule has 16 heavy (non-hydrogen) atoms. The zero-order valence-corrected chi connectivity index (χ0v) is 12.2. The molecule has 0 bridgehead atoms. The minimum atomic E-state index is -2.35. The van der Waals surface area contributed by atoms with Crippen molar-refractivity contribution in [2.45, 2.75) is 12.5 Å². The number of nitrogens with one attached hydrogen (secondary N) is 1. The van der Waals surface area contributed by atoms with Crippen LogP contribution in [0.5, 0.6) is 0 Å². The zero-order valence-electron chi connectivity index (χ0n) is 11.2. The second-order valence-electron chi connectivity index (χ2n) is 3.95. The van der Waals surface area contributed by atoms with E-state index in [2.05, 4.69) is 24.3 Å². The molecule has 0 aromatic rings. The lowest BCUT2D eigenvalue weighted by atomic mass is 10.4. The lowest BCUT2D eigenvalue weighted by molar-refractivity contribution is 0.123. The van der Waals surface area contributed by atoms with Gasteiger partial charge in [-0.2, -0.15) is 0 Å². The van der Waals surface area contributed by atoms with Crippen LogP contribution < -0.4 is 5.32 Å². The third-order valence-corrected chi connectivity index (χ3v) is 5.34. The number of rotatable bonds is 10. The monoisotopic (exact) mass is 250 g/mol. The predicted octanol–water partition coefficient (Wildman–Crippen LogP) is 0.406. The summed E-state index contributed by atoms with van der Waals surface area (Å²) in [6, 6.07) is 0.853. The van der Waals surface area contributed by atoms with Crippen molar-refractivity contribution in [2.24, 2.45) is 0 Å². The van der Waals surface area contributed by atoms with Crippen LogP contribution in [-0.4, -0.2) is 68.8 Å². The Morgan fingerprint density at radius 2 is 1.56 bits per heavy atom. The van der Waals surface area contributed by atoms with Crippen molar-refractivity contribution in [3.05, 3.63) is 0 Å². The molecule has 0 unspecified atom stereocenters. The number of nitrogens with zero attached hydrogens (tertiary/aromatic N) is 1. The van der Waals surface area contributed by atoms with Gasteiger partial charge < -0.3 is 23.5 Å². The number of hydrogen-bond acceptors (Lipinski definition) is 5. The Hall–Kier alpha value is 0.0169. The lowest BCUT2D eigenvalue weighted by Crippen LogP contribution is -2.43. The summed E-state index contributed by atoms with van der Waals surface area (Å²) in [5, 5.41) is 3.38. The van der Waals surface area contributed by atoms with E-state index in [9.17, 15) is 0 Å². The maximum Gasteiger partial charge on any atom is 0.500 e. The topological polar surface area (TPSA) is 43.0 Å². The van der Waals surface area contributed by atoms with Crippen LogP contribution in [0, 0.1) is 0 Å². The first-order chi connectivity index (χ1) is 7.60. The minimum absolute atomic E-state index is 0.853. The molecule has 0 rings (SSSR count). The quantitative estimate of drug-likeness (QED) is 0.449. The van der Waals surface area contributed by atoms with Crippen LogP contribution in [0.2, 0.25) is 6.04 Å². The third-order valence-electron chi connectivity index (χ3n) is 2.51. The van der Waals surface area contributed by atoms with Gasteiger partial charge in [-0.15, -0.1) is 0 Å². The van der Waals surface area contributed by atoms with Gasteiger partial charge in [0.15, 0.2) is 0 Å². The van der Waals surface area contributed by atoms with Gasteiger partial charge in [-0.25, -0.2) is 0 Å². The van der Waals surface area contributed by atoms with Crippen LogP contribution in [-0.2, 0) is 13.3 Å². The van der Waals surface area contributed by atoms with Crippen molar-refractivity contribution >= 4 is 8.80 Å². The summed E-state index contributed by atoms with van der Waals surface area (Å²) in [6.07, 6.45) is 1.01. The standard InChI is InChI=1S/C10H26N2O3Si/c1-12(2)9-8-11-7-6-10-16(13-3,14-4)15-5/h11H,6-10H2,1-5H3. The highest BCUT2D eigenvalue weighted by Crippen LogP contribution is 2.14. The molecule has 0 atom stereocenters. The highest BCUT2D eigenvalue weighted by atomic mass is 28.4. The van der Waals surface area contributed by atoms with E-state index in [-0.39, 0.29) is 0 Å². The fourth-order valence-electron chi connectivity index (χ4n) is 1.41. The van der Waals surface area contributed by atoms with E-state index in [4.69, 9.17) is 13.3 Å². The summed E-state index contributed by atoms with van der Waals surface area (Å²) < 4.78 is 16.0. The first-order valence-electron chi connectivity index (χ1n) is 5.61. The molecular weight excluding hydrogens is 224 g/mol. The second kappa shape index (κ2) is 9.09. The molecule has 0 aliphatic heterocycles. The summed E-state index contributed by atoms with van der Waals surface area (Å²) in [6.45, 7) is 3.04. The smallest absolute Gasteiger partial charge is 0.377 e. The Balaban J connectivity index is 3.55. The van der Waals surface area contributed by atoms with E-state index in [0.29, 0.717) is 0 Å². The van der Waals surface area contributed by atoms with Gasteiger partial charge in [0.25, 0.3) is 0 Å². The van der Waals surface area contributed by atoms with Gasteiger partial charge in [0.05, 0.1) is 0 Å². The molecule has 0 heterocycles. The minimum Gasteiger partial charge on any atom is -0.377 e. The second-order valence-corrected chi connectivity index (χ2v) is 7.04. The Morgan fingerprint density at radius 3 is 2.00 bits per heavy atom. The fourth-order valence-corrected chi connectivity index (χ4v) is 3.14. The first kappa shape index (κ1) is 16.0. The molecule has 0 saturated carbocycles. The van der Waals surface area contributed by atoms with Crippen LogP contribution >= 0.6 is 0 Å². The summed E-state index contributed by atoms with van der Waals surface area (Å²) in [5.41, 5.74) is 0. The molecule has 0 fully saturated rings. The van der Waals surface area contributed by atoms with E-state index >= 15 is 0 Å². The maximum atomic E-state index is 5.34. The molecule has 1 N–H and O–H groups in total. The number of hydrogen-bond donors (Lipinski definition) is 1. The van der Waals surface area contributed by atoms with Gasteiger partial charge in [-0.1, -0.05) is 0 Å². The summed E-state index contributed by atoms with van der Waals surface area (Å²) in [7, 11) is 6.74. The van der Waals surface area contributed by atoms with E-state index in [1.54, 1.807) is 21.3 Å². The summed E-state index contributed by atoms with van der Waals surface area (Å²) in [4.78, 5) is 2.16. The van der Waals surface area contributed by atoms with E-state index < -0.39 is 8.80 Å². The normalized spacial score (nSPS) is 12.4.